The highest BCUT2D eigenvalue weighted by atomic mass is 15.3. The molecule has 0 bridgehead atoms. The van der Waals surface area contributed by atoms with E-state index in [9.17, 15) is 0 Å². The molecule has 1 spiro atoms. The van der Waals surface area contributed by atoms with Crippen molar-refractivity contribution in [2.75, 3.05) is 4.90 Å². The van der Waals surface area contributed by atoms with Crippen LogP contribution in [0.2, 0.25) is 0 Å². The largest absolute Gasteiger partial charge is 0.322 e. The molecule has 160 valence electrons. The third-order valence-electron chi connectivity index (χ3n) is 8.37. The summed E-state index contributed by atoms with van der Waals surface area (Å²) in [5.41, 5.74) is 9.16. The minimum absolute atomic E-state index is 0.217. The molecule has 2 aromatic carbocycles. The van der Waals surface area contributed by atoms with E-state index in [1.165, 1.54) is 65.7 Å². The fourth-order valence-electron chi connectivity index (χ4n) is 6.79. The molecule has 0 radical (unpaired) electrons. The van der Waals surface area contributed by atoms with E-state index < -0.39 is 0 Å². The molecule has 1 saturated carbocycles. The minimum atomic E-state index is 0.217. The van der Waals surface area contributed by atoms with E-state index >= 15 is 0 Å². The molecule has 4 nitrogen and oxygen atoms in total. The van der Waals surface area contributed by atoms with Gasteiger partial charge in [-0.1, -0.05) is 43.5 Å². The summed E-state index contributed by atoms with van der Waals surface area (Å²) >= 11 is 0. The van der Waals surface area contributed by atoms with E-state index in [2.05, 4.69) is 71.8 Å². The number of hydrogen-bond donors (Lipinski definition) is 0. The summed E-state index contributed by atoms with van der Waals surface area (Å²) in [5.74, 6) is 2.31. The van der Waals surface area contributed by atoms with E-state index in [1.54, 1.807) is 0 Å². The van der Waals surface area contributed by atoms with Crippen molar-refractivity contribution in [3.8, 4) is 5.69 Å². The molecular weight excluding hydrogens is 392 g/mol. The Morgan fingerprint density at radius 3 is 2.69 bits per heavy atom. The second kappa shape index (κ2) is 6.44. The van der Waals surface area contributed by atoms with Crippen molar-refractivity contribution in [2.45, 2.75) is 63.8 Å². The van der Waals surface area contributed by atoms with E-state index in [-0.39, 0.29) is 5.41 Å². The Morgan fingerprint density at radius 1 is 0.969 bits per heavy atom. The van der Waals surface area contributed by atoms with Crippen molar-refractivity contribution in [2.24, 2.45) is 0 Å². The maximum Gasteiger partial charge on any atom is 0.137 e. The molecule has 2 aromatic heterocycles. The molecule has 4 heteroatoms. The lowest BCUT2D eigenvalue weighted by Gasteiger charge is -2.40. The summed E-state index contributed by atoms with van der Waals surface area (Å²) in [4.78, 5) is 12.5. The standard InChI is InChI=1S/C28H28N4/c1-18-15-22-25(32-23-11-5-4-9-20(23)16-26(32)30-22)17-24(18)31-19(2)28(12-6-3-7-13-28)21-10-8-14-29-27(21)31/h4-5,8-11,14-15,17,19H,3,6-7,12-13,16H2,1-2H3/t19-/m0/s1. The zero-order chi connectivity index (χ0) is 21.4. The molecule has 0 saturated heterocycles. The Balaban J connectivity index is 1.44. The van der Waals surface area contributed by atoms with Crippen LogP contribution in [0.4, 0.5) is 11.5 Å². The minimum Gasteiger partial charge on any atom is -0.322 e. The fraction of sp³-hybridized carbons (Fsp3) is 0.357. The molecule has 1 aliphatic carbocycles. The number of pyridine rings is 1. The third kappa shape index (κ3) is 2.27. The lowest BCUT2D eigenvalue weighted by molar-refractivity contribution is 0.268. The maximum atomic E-state index is 5.01. The molecule has 4 aromatic rings. The van der Waals surface area contributed by atoms with Crippen LogP contribution < -0.4 is 4.90 Å². The van der Waals surface area contributed by atoms with Gasteiger partial charge in [0.1, 0.15) is 11.6 Å². The third-order valence-corrected chi connectivity index (χ3v) is 8.37. The number of para-hydroxylation sites is 1. The second-order valence-electron chi connectivity index (χ2n) is 9.93. The van der Waals surface area contributed by atoms with Crippen LogP contribution in [0.25, 0.3) is 16.7 Å². The molecule has 2 aliphatic heterocycles. The number of fused-ring (bicyclic) bond motifs is 7. The molecule has 1 atom stereocenters. The quantitative estimate of drug-likeness (QED) is 0.316. The first kappa shape index (κ1) is 18.4. The van der Waals surface area contributed by atoms with Crippen molar-refractivity contribution < 1.29 is 0 Å². The average Bonchev–Trinajstić information content (AvgIpc) is 3.42. The first-order valence-corrected chi connectivity index (χ1v) is 12.0. The molecular formula is C28H28N4. The molecule has 0 unspecified atom stereocenters. The molecule has 0 N–H and O–H groups in total. The van der Waals surface area contributed by atoms with Gasteiger partial charge in [-0.2, -0.15) is 0 Å². The summed E-state index contributed by atoms with van der Waals surface area (Å²) in [5, 5.41) is 0. The summed E-state index contributed by atoms with van der Waals surface area (Å²) in [6.45, 7) is 4.65. The molecule has 4 heterocycles. The van der Waals surface area contributed by atoms with Crippen LogP contribution in [0.5, 0.6) is 0 Å². The molecule has 0 amide bonds. The van der Waals surface area contributed by atoms with Crippen LogP contribution in [0.15, 0.2) is 54.7 Å². The van der Waals surface area contributed by atoms with Gasteiger partial charge in [0.05, 0.1) is 16.7 Å². The Hall–Kier alpha value is -3.14. The first-order valence-electron chi connectivity index (χ1n) is 12.0. The van der Waals surface area contributed by atoms with Gasteiger partial charge in [0, 0.05) is 35.3 Å². The number of nitrogens with zero attached hydrogens (tertiary/aromatic N) is 4. The van der Waals surface area contributed by atoms with E-state index in [1.807, 2.05) is 6.20 Å². The van der Waals surface area contributed by atoms with Crippen LogP contribution in [-0.4, -0.2) is 20.6 Å². The summed E-state index contributed by atoms with van der Waals surface area (Å²) in [6, 6.07) is 18.2. The first-order chi connectivity index (χ1) is 15.7. The lowest BCUT2D eigenvalue weighted by Crippen LogP contribution is -2.42. The number of benzene rings is 2. The normalized spacial score (nSPS) is 20.6. The average molecular weight is 421 g/mol. The molecule has 32 heavy (non-hydrogen) atoms. The number of aryl methyl sites for hydroxylation is 1. The number of imidazole rings is 1. The summed E-state index contributed by atoms with van der Waals surface area (Å²) in [6.07, 6.45) is 9.39. The van der Waals surface area contributed by atoms with Gasteiger partial charge in [0.25, 0.3) is 0 Å². The number of rotatable bonds is 1. The van der Waals surface area contributed by atoms with Crippen LogP contribution in [0.3, 0.4) is 0 Å². The van der Waals surface area contributed by atoms with Crippen LogP contribution in [0.1, 0.15) is 61.5 Å². The van der Waals surface area contributed by atoms with Gasteiger partial charge in [0.2, 0.25) is 0 Å². The van der Waals surface area contributed by atoms with E-state index in [4.69, 9.17) is 9.97 Å². The zero-order valence-electron chi connectivity index (χ0n) is 18.8. The number of hydrogen-bond acceptors (Lipinski definition) is 3. The Bertz CT molecular complexity index is 1380. The van der Waals surface area contributed by atoms with Gasteiger partial charge in [-0.15, -0.1) is 0 Å². The smallest absolute Gasteiger partial charge is 0.137 e. The Morgan fingerprint density at radius 2 is 1.81 bits per heavy atom. The highest BCUT2D eigenvalue weighted by Gasteiger charge is 2.50. The van der Waals surface area contributed by atoms with Gasteiger partial charge >= 0.3 is 0 Å². The second-order valence-corrected chi connectivity index (χ2v) is 9.93. The van der Waals surface area contributed by atoms with Crippen LogP contribution in [-0.2, 0) is 11.8 Å². The molecule has 7 rings (SSSR count). The van der Waals surface area contributed by atoms with Crippen molar-refractivity contribution in [1.82, 2.24) is 14.5 Å². The topological polar surface area (TPSA) is 34.0 Å². The summed E-state index contributed by atoms with van der Waals surface area (Å²) < 4.78 is 2.37. The number of anilines is 2. The fourth-order valence-corrected chi connectivity index (χ4v) is 6.79. The van der Waals surface area contributed by atoms with Crippen molar-refractivity contribution in [3.05, 3.63) is 77.2 Å². The van der Waals surface area contributed by atoms with Crippen molar-refractivity contribution in [1.29, 1.82) is 0 Å². The Labute approximate surface area is 188 Å². The number of aromatic nitrogens is 3. The van der Waals surface area contributed by atoms with Crippen molar-refractivity contribution in [3.63, 3.8) is 0 Å². The predicted molar refractivity (Wildman–Crippen MR) is 129 cm³/mol. The van der Waals surface area contributed by atoms with Crippen molar-refractivity contribution >= 4 is 22.5 Å². The van der Waals surface area contributed by atoms with Crippen LogP contribution >= 0.6 is 0 Å². The van der Waals surface area contributed by atoms with Gasteiger partial charge in [-0.05, 0) is 62.1 Å². The molecule has 1 fully saturated rings. The van der Waals surface area contributed by atoms with Gasteiger partial charge < -0.3 is 4.90 Å². The van der Waals surface area contributed by atoms with Gasteiger partial charge in [0.15, 0.2) is 0 Å². The van der Waals surface area contributed by atoms with Crippen LogP contribution in [0, 0.1) is 6.92 Å². The predicted octanol–water partition coefficient (Wildman–Crippen LogP) is 6.38. The zero-order valence-corrected chi connectivity index (χ0v) is 18.8. The lowest BCUT2D eigenvalue weighted by atomic mass is 9.67. The monoisotopic (exact) mass is 420 g/mol. The SMILES string of the molecule is Cc1cc2nc3n(c2cc1N1c2ncccc2C2(CCCCC2)[C@@H]1C)-c1ccccc1C3. The van der Waals surface area contributed by atoms with Gasteiger partial charge in [-0.3, -0.25) is 4.57 Å². The van der Waals surface area contributed by atoms with E-state index in [0.29, 0.717) is 6.04 Å². The van der Waals surface area contributed by atoms with Gasteiger partial charge in [-0.25, -0.2) is 9.97 Å². The summed E-state index contributed by atoms with van der Waals surface area (Å²) in [7, 11) is 0. The Kier molecular flexibility index (Phi) is 3.71. The maximum absolute atomic E-state index is 5.01. The molecule has 3 aliphatic rings. The highest BCUT2D eigenvalue weighted by Crippen LogP contribution is 2.55. The highest BCUT2D eigenvalue weighted by molar-refractivity contribution is 5.87. The van der Waals surface area contributed by atoms with E-state index in [0.717, 1.165) is 23.6 Å².